The van der Waals surface area contributed by atoms with E-state index in [9.17, 15) is 0 Å². The van der Waals surface area contributed by atoms with E-state index in [1.165, 1.54) is 64.6 Å². The van der Waals surface area contributed by atoms with Crippen molar-refractivity contribution < 1.29 is 0 Å². The predicted octanol–water partition coefficient (Wildman–Crippen LogP) is 3.41. The Labute approximate surface area is 108 Å². The fourth-order valence-electron chi connectivity index (χ4n) is 2.93. The zero-order valence-electron chi connectivity index (χ0n) is 12.0. The number of hydrogen-bond acceptors (Lipinski definition) is 2. The van der Waals surface area contributed by atoms with Gasteiger partial charge in [-0.05, 0) is 64.1 Å². The van der Waals surface area contributed by atoms with Gasteiger partial charge in [0.1, 0.15) is 0 Å². The molecule has 1 aliphatic heterocycles. The first-order valence-electron chi connectivity index (χ1n) is 7.74. The van der Waals surface area contributed by atoms with Gasteiger partial charge in [0.2, 0.25) is 0 Å². The van der Waals surface area contributed by atoms with Crippen molar-refractivity contribution in [1.29, 1.82) is 0 Å². The molecular weight excluding hydrogens is 208 g/mol. The van der Waals surface area contributed by atoms with Crippen molar-refractivity contribution in [2.24, 2.45) is 11.7 Å². The molecule has 1 heterocycles. The molecule has 2 N–H and O–H groups in total. The third-order valence-corrected chi connectivity index (χ3v) is 4.21. The highest BCUT2D eigenvalue weighted by Crippen LogP contribution is 2.22. The normalized spacial score (nSPS) is 24.5. The Balaban J connectivity index is 2.13. The Bertz CT molecular complexity index is 182. The molecule has 0 bridgehead atoms. The SMILES string of the molecule is CCCC1CCCN(CCCC(N)CC)CC1. The molecule has 0 amide bonds. The summed E-state index contributed by atoms with van der Waals surface area (Å²) in [5.41, 5.74) is 5.96. The quantitative estimate of drug-likeness (QED) is 0.739. The molecule has 0 aromatic rings. The summed E-state index contributed by atoms with van der Waals surface area (Å²) < 4.78 is 0. The highest BCUT2D eigenvalue weighted by Gasteiger charge is 2.15. The van der Waals surface area contributed by atoms with Gasteiger partial charge in [-0.3, -0.25) is 0 Å². The molecule has 0 aromatic carbocycles. The molecule has 0 saturated carbocycles. The number of nitrogens with zero attached hydrogens (tertiary/aromatic N) is 1. The second kappa shape index (κ2) is 8.93. The van der Waals surface area contributed by atoms with Gasteiger partial charge in [0, 0.05) is 6.04 Å². The number of rotatable bonds is 7. The van der Waals surface area contributed by atoms with Crippen molar-refractivity contribution in [2.75, 3.05) is 19.6 Å². The van der Waals surface area contributed by atoms with Crippen LogP contribution in [0, 0.1) is 5.92 Å². The van der Waals surface area contributed by atoms with Crippen LogP contribution in [0.2, 0.25) is 0 Å². The minimum atomic E-state index is 0.426. The molecule has 1 aliphatic rings. The van der Waals surface area contributed by atoms with Crippen molar-refractivity contribution in [1.82, 2.24) is 4.90 Å². The maximum atomic E-state index is 5.96. The molecule has 1 saturated heterocycles. The monoisotopic (exact) mass is 240 g/mol. The lowest BCUT2D eigenvalue weighted by Gasteiger charge is -2.20. The van der Waals surface area contributed by atoms with Crippen molar-refractivity contribution in [3.8, 4) is 0 Å². The van der Waals surface area contributed by atoms with Gasteiger partial charge in [0.25, 0.3) is 0 Å². The van der Waals surface area contributed by atoms with Crippen LogP contribution in [0.3, 0.4) is 0 Å². The highest BCUT2D eigenvalue weighted by atomic mass is 15.1. The molecule has 17 heavy (non-hydrogen) atoms. The predicted molar refractivity (Wildman–Crippen MR) is 76.2 cm³/mol. The fourth-order valence-corrected chi connectivity index (χ4v) is 2.93. The number of hydrogen-bond donors (Lipinski definition) is 1. The molecule has 2 heteroatoms. The van der Waals surface area contributed by atoms with E-state index in [-0.39, 0.29) is 0 Å². The van der Waals surface area contributed by atoms with E-state index in [1.54, 1.807) is 0 Å². The first-order valence-corrected chi connectivity index (χ1v) is 7.74. The van der Waals surface area contributed by atoms with E-state index < -0.39 is 0 Å². The van der Waals surface area contributed by atoms with Crippen LogP contribution in [-0.2, 0) is 0 Å². The van der Waals surface area contributed by atoms with Crippen molar-refractivity contribution in [3.63, 3.8) is 0 Å². The van der Waals surface area contributed by atoms with Gasteiger partial charge in [0.05, 0.1) is 0 Å². The minimum Gasteiger partial charge on any atom is -0.328 e. The Kier molecular flexibility index (Phi) is 7.87. The van der Waals surface area contributed by atoms with Crippen LogP contribution >= 0.6 is 0 Å². The van der Waals surface area contributed by atoms with Crippen LogP contribution < -0.4 is 5.73 Å². The first-order chi connectivity index (χ1) is 8.26. The maximum absolute atomic E-state index is 5.96. The lowest BCUT2D eigenvalue weighted by atomic mass is 9.96. The topological polar surface area (TPSA) is 29.3 Å². The van der Waals surface area contributed by atoms with E-state index >= 15 is 0 Å². The van der Waals surface area contributed by atoms with Gasteiger partial charge in [-0.2, -0.15) is 0 Å². The van der Waals surface area contributed by atoms with Gasteiger partial charge in [0.15, 0.2) is 0 Å². The molecule has 1 fully saturated rings. The highest BCUT2D eigenvalue weighted by molar-refractivity contribution is 4.70. The van der Waals surface area contributed by atoms with Crippen molar-refractivity contribution in [2.45, 2.75) is 71.3 Å². The van der Waals surface area contributed by atoms with Crippen LogP contribution in [0.4, 0.5) is 0 Å². The second-order valence-corrected chi connectivity index (χ2v) is 5.74. The molecule has 0 aromatic heterocycles. The second-order valence-electron chi connectivity index (χ2n) is 5.74. The van der Waals surface area contributed by atoms with Crippen molar-refractivity contribution in [3.05, 3.63) is 0 Å². The third-order valence-electron chi connectivity index (χ3n) is 4.21. The first kappa shape index (κ1) is 15.0. The average molecular weight is 240 g/mol. The summed E-state index contributed by atoms with van der Waals surface area (Å²) in [4.78, 5) is 2.66. The summed E-state index contributed by atoms with van der Waals surface area (Å²) in [6.07, 6.45) is 10.7. The molecule has 0 spiro atoms. The fraction of sp³-hybridized carbons (Fsp3) is 1.00. The Hall–Kier alpha value is -0.0800. The average Bonchev–Trinajstić information content (AvgIpc) is 2.55. The maximum Gasteiger partial charge on any atom is 0.00366 e. The van der Waals surface area contributed by atoms with Gasteiger partial charge in [-0.25, -0.2) is 0 Å². The van der Waals surface area contributed by atoms with Crippen LogP contribution in [0.15, 0.2) is 0 Å². The van der Waals surface area contributed by atoms with E-state index in [1.807, 2.05) is 0 Å². The van der Waals surface area contributed by atoms with E-state index in [2.05, 4.69) is 18.7 Å². The minimum absolute atomic E-state index is 0.426. The molecule has 102 valence electrons. The third kappa shape index (κ3) is 6.42. The summed E-state index contributed by atoms with van der Waals surface area (Å²) >= 11 is 0. The largest absolute Gasteiger partial charge is 0.328 e. The zero-order chi connectivity index (χ0) is 12.5. The van der Waals surface area contributed by atoms with Gasteiger partial charge < -0.3 is 10.6 Å². The number of nitrogens with two attached hydrogens (primary N) is 1. The summed E-state index contributed by atoms with van der Waals surface area (Å²) in [5.74, 6) is 1.00. The smallest absolute Gasteiger partial charge is 0.00366 e. The lowest BCUT2D eigenvalue weighted by molar-refractivity contribution is 0.270. The molecular formula is C15H32N2. The zero-order valence-corrected chi connectivity index (χ0v) is 12.0. The molecule has 2 unspecified atom stereocenters. The Morgan fingerprint density at radius 3 is 2.76 bits per heavy atom. The van der Waals surface area contributed by atoms with E-state index in [0.29, 0.717) is 6.04 Å². The number of likely N-dealkylation sites (tertiary alicyclic amines) is 1. The van der Waals surface area contributed by atoms with E-state index in [4.69, 9.17) is 5.73 Å². The van der Waals surface area contributed by atoms with Gasteiger partial charge in [-0.1, -0.05) is 26.7 Å². The van der Waals surface area contributed by atoms with E-state index in [0.717, 1.165) is 12.3 Å². The summed E-state index contributed by atoms with van der Waals surface area (Å²) in [5, 5.41) is 0. The Morgan fingerprint density at radius 1 is 1.24 bits per heavy atom. The van der Waals surface area contributed by atoms with Gasteiger partial charge >= 0.3 is 0 Å². The lowest BCUT2D eigenvalue weighted by Crippen LogP contribution is -2.28. The summed E-state index contributed by atoms with van der Waals surface area (Å²) in [6, 6.07) is 0.426. The molecule has 2 nitrogen and oxygen atoms in total. The van der Waals surface area contributed by atoms with Crippen LogP contribution in [-0.4, -0.2) is 30.6 Å². The Morgan fingerprint density at radius 2 is 2.06 bits per heavy atom. The van der Waals surface area contributed by atoms with Crippen molar-refractivity contribution >= 4 is 0 Å². The molecule has 0 radical (unpaired) electrons. The standard InChI is InChI=1S/C15H32N2/c1-3-7-14-8-5-11-17(13-10-14)12-6-9-15(16)4-2/h14-15H,3-13,16H2,1-2H3. The van der Waals surface area contributed by atoms with Gasteiger partial charge in [-0.15, -0.1) is 0 Å². The van der Waals surface area contributed by atoms with Crippen LogP contribution in [0.5, 0.6) is 0 Å². The van der Waals surface area contributed by atoms with Crippen LogP contribution in [0.25, 0.3) is 0 Å². The molecule has 1 rings (SSSR count). The van der Waals surface area contributed by atoms with Crippen LogP contribution in [0.1, 0.15) is 65.2 Å². The summed E-state index contributed by atoms with van der Waals surface area (Å²) in [6.45, 7) is 8.42. The summed E-state index contributed by atoms with van der Waals surface area (Å²) in [7, 11) is 0. The molecule has 0 aliphatic carbocycles. The molecule has 2 atom stereocenters.